The van der Waals surface area contributed by atoms with E-state index in [4.69, 9.17) is 0 Å². The molecule has 0 amide bonds. The van der Waals surface area contributed by atoms with Crippen molar-refractivity contribution in [3.8, 4) is 0 Å². The Morgan fingerprint density at radius 1 is 1.24 bits per heavy atom. The molecule has 0 aromatic heterocycles. The SMILES string of the molecule is CC(N(C)CCCNC1CCCC1)C(C)(C)C. The van der Waals surface area contributed by atoms with Gasteiger partial charge in [-0.05, 0) is 51.7 Å². The fourth-order valence-electron chi connectivity index (χ4n) is 2.62. The van der Waals surface area contributed by atoms with E-state index < -0.39 is 0 Å². The van der Waals surface area contributed by atoms with E-state index in [2.05, 4.69) is 45.0 Å². The molecular weight excluding hydrogens is 208 g/mol. The highest BCUT2D eigenvalue weighted by molar-refractivity contribution is 4.78. The predicted octanol–water partition coefficient (Wildman–Crippen LogP) is 3.28. The Kier molecular flexibility index (Phi) is 5.94. The van der Waals surface area contributed by atoms with Crippen LogP contribution in [0.15, 0.2) is 0 Å². The van der Waals surface area contributed by atoms with Crippen LogP contribution < -0.4 is 5.32 Å². The highest BCUT2D eigenvalue weighted by Gasteiger charge is 2.23. The van der Waals surface area contributed by atoms with Crippen LogP contribution in [0.1, 0.15) is 59.8 Å². The molecule has 0 spiro atoms. The molecule has 0 bridgehead atoms. The van der Waals surface area contributed by atoms with Crippen LogP contribution in [0.5, 0.6) is 0 Å². The van der Waals surface area contributed by atoms with Crippen molar-refractivity contribution in [1.82, 2.24) is 10.2 Å². The molecule has 1 aliphatic rings. The monoisotopic (exact) mass is 240 g/mol. The maximum atomic E-state index is 3.69. The molecular formula is C15H32N2. The Bertz CT molecular complexity index is 201. The summed E-state index contributed by atoms with van der Waals surface area (Å²) < 4.78 is 0. The lowest BCUT2D eigenvalue weighted by Crippen LogP contribution is -2.40. The summed E-state index contributed by atoms with van der Waals surface area (Å²) in [5.74, 6) is 0. The van der Waals surface area contributed by atoms with Crippen LogP contribution in [-0.2, 0) is 0 Å². The average molecular weight is 240 g/mol. The molecule has 102 valence electrons. The third-order valence-corrected chi connectivity index (χ3v) is 4.39. The zero-order chi connectivity index (χ0) is 12.9. The Morgan fingerprint density at radius 3 is 2.35 bits per heavy atom. The van der Waals surface area contributed by atoms with Crippen LogP contribution in [0.2, 0.25) is 0 Å². The van der Waals surface area contributed by atoms with E-state index in [1.54, 1.807) is 0 Å². The normalized spacial score (nSPS) is 20.1. The molecule has 0 aromatic carbocycles. The summed E-state index contributed by atoms with van der Waals surface area (Å²) in [5, 5.41) is 3.69. The molecule has 1 rings (SSSR count). The first-order valence-electron chi connectivity index (χ1n) is 7.35. The Balaban J connectivity index is 2.09. The molecule has 1 unspecified atom stereocenters. The van der Waals surface area contributed by atoms with Crippen molar-refractivity contribution in [2.24, 2.45) is 5.41 Å². The Morgan fingerprint density at radius 2 is 1.82 bits per heavy atom. The number of hydrogen-bond acceptors (Lipinski definition) is 2. The van der Waals surface area contributed by atoms with Crippen molar-refractivity contribution >= 4 is 0 Å². The molecule has 1 N–H and O–H groups in total. The fourth-order valence-corrected chi connectivity index (χ4v) is 2.62. The van der Waals surface area contributed by atoms with Crippen LogP contribution in [0, 0.1) is 5.41 Å². The van der Waals surface area contributed by atoms with Crippen LogP contribution in [0.3, 0.4) is 0 Å². The quantitative estimate of drug-likeness (QED) is 0.717. The van der Waals surface area contributed by atoms with Crippen molar-refractivity contribution in [3.63, 3.8) is 0 Å². The van der Waals surface area contributed by atoms with Crippen LogP contribution in [-0.4, -0.2) is 37.1 Å². The summed E-state index contributed by atoms with van der Waals surface area (Å²) in [7, 11) is 2.26. The number of nitrogens with one attached hydrogen (secondary N) is 1. The van der Waals surface area contributed by atoms with E-state index in [-0.39, 0.29) is 0 Å². The summed E-state index contributed by atoms with van der Waals surface area (Å²) in [6, 6.07) is 1.47. The van der Waals surface area contributed by atoms with Crippen molar-refractivity contribution in [2.75, 3.05) is 20.1 Å². The highest BCUT2D eigenvalue weighted by Crippen LogP contribution is 2.23. The molecule has 1 atom stereocenters. The van der Waals surface area contributed by atoms with Crippen LogP contribution in [0.25, 0.3) is 0 Å². The van der Waals surface area contributed by atoms with E-state index in [1.165, 1.54) is 45.2 Å². The molecule has 2 heteroatoms. The van der Waals surface area contributed by atoms with E-state index >= 15 is 0 Å². The lowest BCUT2D eigenvalue weighted by Gasteiger charge is -2.35. The van der Waals surface area contributed by atoms with Gasteiger partial charge in [0.15, 0.2) is 0 Å². The average Bonchev–Trinajstić information content (AvgIpc) is 2.74. The molecule has 0 radical (unpaired) electrons. The van der Waals surface area contributed by atoms with Gasteiger partial charge in [-0.15, -0.1) is 0 Å². The minimum absolute atomic E-state index is 0.383. The van der Waals surface area contributed by atoms with Gasteiger partial charge in [0, 0.05) is 12.1 Å². The largest absolute Gasteiger partial charge is 0.314 e. The Hall–Kier alpha value is -0.0800. The lowest BCUT2D eigenvalue weighted by molar-refractivity contribution is 0.139. The van der Waals surface area contributed by atoms with Crippen molar-refractivity contribution in [1.29, 1.82) is 0 Å². The number of rotatable bonds is 6. The molecule has 17 heavy (non-hydrogen) atoms. The maximum Gasteiger partial charge on any atom is 0.0112 e. The summed E-state index contributed by atoms with van der Waals surface area (Å²) in [6.07, 6.45) is 6.92. The molecule has 1 aliphatic carbocycles. The predicted molar refractivity (Wildman–Crippen MR) is 76.4 cm³/mol. The summed E-state index contributed by atoms with van der Waals surface area (Å²) in [6.45, 7) is 11.7. The van der Waals surface area contributed by atoms with Gasteiger partial charge in [-0.1, -0.05) is 33.6 Å². The second-order valence-electron chi connectivity index (χ2n) is 6.81. The summed E-state index contributed by atoms with van der Waals surface area (Å²) in [5.41, 5.74) is 0.383. The second kappa shape index (κ2) is 6.75. The van der Waals surface area contributed by atoms with Gasteiger partial charge in [0.2, 0.25) is 0 Å². The first kappa shape index (κ1) is 15.0. The van der Waals surface area contributed by atoms with Gasteiger partial charge in [-0.3, -0.25) is 0 Å². The smallest absolute Gasteiger partial charge is 0.0112 e. The summed E-state index contributed by atoms with van der Waals surface area (Å²) in [4.78, 5) is 2.50. The van der Waals surface area contributed by atoms with E-state index in [0.29, 0.717) is 11.5 Å². The molecule has 1 fully saturated rings. The first-order chi connectivity index (χ1) is 7.91. The first-order valence-corrected chi connectivity index (χ1v) is 7.35. The number of hydrogen-bond donors (Lipinski definition) is 1. The minimum atomic E-state index is 0.383. The number of nitrogens with zero attached hydrogens (tertiary/aromatic N) is 1. The molecule has 0 aromatic rings. The van der Waals surface area contributed by atoms with Crippen LogP contribution >= 0.6 is 0 Å². The van der Waals surface area contributed by atoms with Gasteiger partial charge >= 0.3 is 0 Å². The third kappa shape index (κ3) is 5.39. The van der Waals surface area contributed by atoms with Gasteiger partial charge in [0.25, 0.3) is 0 Å². The van der Waals surface area contributed by atoms with Gasteiger partial charge < -0.3 is 10.2 Å². The van der Waals surface area contributed by atoms with E-state index in [0.717, 1.165) is 6.04 Å². The maximum absolute atomic E-state index is 3.69. The lowest BCUT2D eigenvalue weighted by atomic mass is 9.87. The highest BCUT2D eigenvalue weighted by atomic mass is 15.1. The van der Waals surface area contributed by atoms with Gasteiger partial charge in [0.05, 0.1) is 0 Å². The molecule has 0 heterocycles. The zero-order valence-corrected chi connectivity index (χ0v) is 12.6. The molecule has 0 aliphatic heterocycles. The van der Waals surface area contributed by atoms with Gasteiger partial charge in [-0.2, -0.15) is 0 Å². The zero-order valence-electron chi connectivity index (χ0n) is 12.6. The van der Waals surface area contributed by atoms with E-state index in [1.807, 2.05) is 0 Å². The molecule has 0 saturated heterocycles. The molecule has 1 saturated carbocycles. The van der Waals surface area contributed by atoms with Crippen molar-refractivity contribution < 1.29 is 0 Å². The van der Waals surface area contributed by atoms with Gasteiger partial charge in [0.1, 0.15) is 0 Å². The van der Waals surface area contributed by atoms with Crippen molar-refractivity contribution in [2.45, 2.75) is 71.9 Å². The van der Waals surface area contributed by atoms with Crippen molar-refractivity contribution in [3.05, 3.63) is 0 Å². The Labute approximate surface area is 108 Å². The minimum Gasteiger partial charge on any atom is -0.314 e. The summed E-state index contributed by atoms with van der Waals surface area (Å²) >= 11 is 0. The van der Waals surface area contributed by atoms with Crippen LogP contribution in [0.4, 0.5) is 0 Å². The van der Waals surface area contributed by atoms with Gasteiger partial charge in [-0.25, -0.2) is 0 Å². The standard InChI is InChI=1S/C15H32N2/c1-13(15(2,3)4)17(5)12-8-11-16-14-9-6-7-10-14/h13-14,16H,6-12H2,1-5H3. The topological polar surface area (TPSA) is 15.3 Å². The molecule has 2 nitrogen and oxygen atoms in total. The van der Waals surface area contributed by atoms with E-state index in [9.17, 15) is 0 Å². The fraction of sp³-hybridized carbons (Fsp3) is 1.00. The third-order valence-electron chi connectivity index (χ3n) is 4.39. The second-order valence-corrected chi connectivity index (χ2v) is 6.81.